The summed E-state index contributed by atoms with van der Waals surface area (Å²) in [5.74, 6) is 1.72. The van der Waals surface area contributed by atoms with E-state index in [9.17, 15) is 4.79 Å². The van der Waals surface area contributed by atoms with Crippen LogP contribution in [-0.2, 0) is 4.79 Å². The third-order valence-corrected chi connectivity index (χ3v) is 5.22. The molecule has 0 heterocycles. The first-order valence-corrected chi connectivity index (χ1v) is 8.85. The van der Waals surface area contributed by atoms with Crippen molar-refractivity contribution in [2.45, 2.75) is 69.9 Å². The molecule has 4 nitrogen and oxygen atoms in total. The lowest BCUT2D eigenvalue weighted by atomic mass is 9.94. The second-order valence-electron chi connectivity index (χ2n) is 7.86. The van der Waals surface area contributed by atoms with Gasteiger partial charge in [-0.05, 0) is 76.7 Å². The Morgan fingerprint density at radius 3 is 2.14 bits per heavy atom. The fraction of sp³-hybridized carbons (Fsp3) is 0.941. The first kappa shape index (κ1) is 15.3. The number of nitrogens with two attached hydrogens (primary N) is 1. The molecule has 0 bridgehead atoms. The molecule has 0 saturated heterocycles. The molecule has 0 spiro atoms. The van der Waals surface area contributed by atoms with Crippen molar-refractivity contribution in [1.82, 2.24) is 10.2 Å². The molecule has 1 atom stereocenters. The van der Waals surface area contributed by atoms with Gasteiger partial charge in [0.15, 0.2) is 0 Å². The van der Waals surface area contributed by atoms with E-state index in [0.717, 1.165) is 31.2 Å². The largest absolute Gasteiger partial charge is 0.368 e. The summed E-state index contributed by atoms with van der Waals surface area (Å²) < 4.78 is 0. The molecule has 0 aliphatic heterocycles. The molecule has 4 heteroatoms. The summed E-state index contributed by atoms with van der Waals surface area (Å²) in [4.78, 5) is 14.4. The van der Waals surface area contributed by atoms with E-state index >= 15 is 0 Å². The Bertz CT molecular complexity index is 360. The van der Waals surface area contributed by atoms with Crippen molar-refractivity contribution >= 4 is 5.91 Å². The lowest BCUT2D eigenvalue weighted by Crippen LogP contribution is -2.54. The summed E-state index contributed by atoms with van der Waals surface area (Å²) in [7, 11) is 0. The van der Waals surface area contributed by atoms with Crippen LogP contribution in [0.1, 0.15) is 58.3 Å². The van der Waals surface area contributed by atoms with Gasteiger partial charge in [0.2, 0.25) is 5.91 Å². The number of nitrogens with zero attached hydrogens (tertiary/aromatic N) is 1. The quantitative estimate of drug-likeness (QED) is 0.611. The monoisotopic (exact) mass is 293 g/mol. The number of nitrogens with one attached hydrogen (secondary N) is 1. The van der Waals surface area contributed by atoms with E-state index < -0.39 is 5.54 Å². The van der Waals surface area contributed by atoms with Crippen LogP contribution in [0.15, 0.2) is 0 Å². The summed E-state index contributed by atoms with van der Waals surface area (Å²) in [6.45, 7) is 5.67. The number of primary amides is 1. The number of hydrogen-bond donors (Lipinski definition) is 2. The van der Waals surface area contributed by atoms with Crippen LogP contribution < -0.4 is 11.1 Å². The highest BCUT2D eigenvalue weighted by molar-refractivity contribution is 5.84. The smallest absolute Gasteiger partial charge is 0.237 e. The summed E-state index contributed by atoms with van der Waals surface area (Å²) >= 11 is 0. The van der Waals surface area contributed by atoms with Gasteiger partial charge in [0.1, 0.15) is 0 Å². The van der Waals surface area contributed by atoms with Gasteiger partial charge in [0, 0.05) is 19.1 Å². The van der Waals surface area contributed by atoms with E-state index in [2.05, 4.69) is 10.2 Å². The predicted octanol–water partition coefficient (Wildman–Crippen LogP) is 1.88. The van der Waals surface area contributed by atoms with Gasteiger partial charge in [-0.1, -0.05) is 0 Å². The minimum atomic E-state index is -0.508. The van der Waals surface area contributed by atoms with Crippen LogP contribution in [0.5, 0.6) is 0 Å². The Labute approximate surface area is 128 Å². The van der Waals surface area contributed by atoms with Gasteiger partial charge in [-0.15, -0.1) is 0 Å². The third-order valence-electron chi connectivity index (χ3n) is 5.22. The number of carbonyl (C=O) groups is 1. The molecule has 1 unspecified atom stereocenters. The summed E-state index contributed by atoms with van der Waals surface area (Å²) in [6.07, 6.45) is 10.00. The molecule has 3 aliphatic carbocycles. The number of rotatable bonds is 11. The third kappa shape index (κ3) is 4.96. The molecular weight excluding hydrogens is 262 g/mol. The molecule has 3 aliphatic rings. The fourth-order valence-corrected chi connectivity index (χ4v) is 3.19. The van der Waals surface area contributed by atoms with Gasteiger partial charge >= 0.3 is 0 Å². The number of amides is 1. The van der Waals surface area contributed by atoms with E-state index in [-0.39, 0.29) is 5.91 Å². The van der Waals surface area contributed by atoms with Crippen LogP contribution >= 0.6 is 0 Å². The maximum atomic E-state index is 11.8. The zero-order valence-electron chi connectivity index (χ0n) is 13.4. The van der Waals surface area contributed by atoms with Crippen LogP contribution in [0.4, 0.5) is 0 Å². The summed E-state index contributed by atoms with van der Waals surface area (Å²) in [6, 6.07) is 0.525. The molecule has 3 N–H and O–H groups in total. The highest BCUT2D eigenvalue weighted by atomic mass is 16.1. The van der Waals surface area contributed by atoms with Crippen LogP contribution in [-0.4, -0.2) is 42.0 Å². The lowest BCUT2D eigenvalue weighted by molar-refractivity contribution is -0.124. The molecular formula is C17H31N3O. The maximum absolute atomic E-state index is 11.8. The van der Waals surface area contributed by atoms with Gasteiger partial charge in [-0.2, -0.15) is 0 Å². The van der Waals surface area contributed by atoms with E-state index in [0.29, 0.717) is 6.04 Å². The van der Waals surface area contributed by atoms with E-state index in [1.54, 1.807) is 0 Å². The van der Waals surface area contributed by atoms with Crippen molar-refractivity contribution in [2.24, 2.45) is 17.6 Å². The highest BCUT2D eigenvalue weighted by Crippen LogP contribution is 2.34. The van der Waals surface area contributed by atoms with E-state index in [4.69, 9.17) is 5.73 Å². The van der Waals surface area contributed by atoms with Crippen molar-refractivity contribution in [1.29, 1.82) is 0 Å². The molecule has 0 radical (unpaired) electrons. The lowest BCUT2D eigenvalue weighted by Gasteiger charge is -2.29. The van der Waals surface area contributed by atoms with Gasteiger partial charge < -0.3 is 16.0 Å². The second-order valence-corrected chi connectivity index (χ2v) is 7.86. The predicted molar refractivity (Wildman–Crippen MR) is 84.9 cm³/mol. The normalized spacial score (nSPS) is 25.0. The van der Waals surface area contributed by atoms with E-state index in [1.165, 1.54) is 51.6 Å². The average molecular weight is 293 g/mol. The molecule has 1 amide bonds. The zero-order valence-corrected chi connectivity index (χ0v) is 13.4. The molecule has 3 saturated carbocycles. The Morgan fingerprint density at radius 2 is 1.71 bits per heavy atom. The number of carbonyl (C=O) groups excluding carboxylic acids is 1. The Morgan fingerprint density at radius 1 is 1.14 bits per heavy atom. The van der Waals surface area contributed by atoms with Crippen molar-refractivity contribution in [3.63, 3.8) is 0 Å². The highest BCUT2D eigenvalue weighted by Gasteiger charge is 2.37. The molecule has 120 valence electrons. The van der Waals surface area contributed by atoms with E-state index in [1.807, 2.05) is 6.92 Å². The zero-order chi connectivity index (χ0) is 14.9. The van der Waals surface area contributed by atoms with Crippen molar-refractivity contribution < 1.29 is 4.79 Å². The van der Waals surface area contributed by atoms with Crippen molar-refractivity contribution in [2.75, 3.05) is 19.6 Å². The summed E-state index contributed by atoms with van der Waals surface area (Å²) in [5, 5.41) is 3.45. The van der Waals surface area contributed by atoms with Crippen molar-refractivity contribution in [3.8, 4) is 0 Å². The number of hydrogen-bond acceptors (Lipinski definition) is 3. The average Bonchev–Trinajstić information content (AvgIpc) is 3.21. The molecule has 21 heavy (non-hydrogen) atoms. The molecule has 0 aromatic carbocycles. The minimum absolute atomic E-state index is 0.190. The summed E-state index contributed by atoms with van der Waals surface area (Å²) in [5.41, 5.74) is 5.12. The molecule has 0 aromatic rings. The van der Waals surface area contributed by atoms with Crippen molar-refractivity contribution in [3.05, 3.63) is 0 Å². The minimum Gasteiger partial charge on any atom is -0.368 e. The molecule has 3 fully saturated rings. The van der Waals surface area contributed by atoms with Gasteiger partial charge in [-0.25, -0.2) is 0 Å². The Hall–Kier alpha value is -0.610. The van der Waals surface area contributed by atoms with Crippen LogP contribution in [0.2, 0.25) is 0 Å². The van der Waals surface area contributed by atoms with Gasteiger partial charge in [0.25, 0.3) is 0 Å². The first-order valence-electron chi connectivity index (χ1n) is 8.85. The van der Waals surface area contributed by atoms with Crippen LogP contribution in [0, 0.1) is 11.8 Å². The van der Waals surface area contributed by atoms with Gasteiger partial charge in [-0.3, -0.25) is 4.79 Å². The fourth-order valence-electron chi connectivity index (χ4n) is 3.19. The standard InChI is InChI=1S/C17H31N3O/c1-17(16(18)21,19-15-7-8-15)9-2-10-20(11-13-3-4-13)12-14-5-6-14/h13-15,19H,2-12H2,1H3,(H2,18,21). The Balaban J connectivity index is 1.43. The second kappa shape index (κ2) is 6.25. The van der Waals surface area contributed by atoms with Crippen LogP contribution in [0.3, 0.4) is 0 Å². The topological polar surface area (TPSA) is 58.4 Å². The first-order chi connectivity index (χ1) is 10.0. The molecule has 3 rings (SSSR count). The Kier molecular flexibility index (Phi) is 4.55. The van der Waals surface area contributed by atoms with Crippen LogP contribution in [0.25, 0.3) is 0 Å². The maximum Gasteiger partial charge on any atom is 0.237 e. The van der Waals surface area contributed by atoms with Gasteiger partial charge in [0.05, 0.1) is 5.54 Å². The SMILES string of the molecule is CC(CCCN(CC1CC1)CC1CC1)(NC1CC1)C(N)=O. The molecule has 0 aromatic heterocycles.